The standard InChI is InChI=1S/C7H14O6/c1-12-7(3-8)6(11)5(10)4(9)2-13-7/h4-6,8-11H,2-3H2,1H3. The minimum absolute atomic E-state index is 0.188. The summed E-state index contributed by atoms with van der Waals surface area (Å²) < 4.78 is 9.69. The molecule has 1 aliphatic heterocycles. The highest BCUT2D eigenvalue weighted by Gasteiger charge is 2.49. The fourth-order valence-electron chi connectivity index (χ4n) is 1.26. The van der Waals surface area contributed by atoms with Gasteiger partial charge in [-0.3, -0.25) is 0 Å². The first-order chi connectivity index (χ1) is 6.07. The molecular weight excluding hydrogens is 180 g/mol. The molecule has 4 unspecified atom stereocenters. The van der Waals surface area contributed by atoms with Crippen molar-refractivity contribution in [1.82, 2.24) is 0 Å². The number of aliphatic hydroxyl groups excluding tert-OH is 4. The number of hydrogen-bond acceptors (Lipinski definition) is 6. The third kappa shape index (κ3) is 1.69. The van der Waals surface area contributed by atoms with Gasteiger partial charge in [0.2, 0.25) is 5.79 Å². The Bertz CT molecular complexity index is 168. The Balaban J connectivity index is 2.77. The summed E-state index contributed by atoms with van der Waals surface area (Å²) in [7, 11) is 1.24. The van der Waals surface area contributed by atoms with Crippen LogP contribution in [0, 0.1) is 0 Å². The molecule has 0 radical (unpaired) electrons. The van der Waals surface area contributed by atoms with Crippen LogP contribution in [-0.4, -0.2) is 64.8 Å². The van der Waals surface area contributed by atoms with Gasteiger partial charge in [0.05, 0.1) is 6.61 Å². The Morgan fingerprint density at radius 1 is 1.46 bits per heavy atom. The zero-order chi connectivity index (χ0) is 10.1. The molecule has 1 fully saturated rings. The van der Waals surface area contributed by atoms with Crippen molar-refractivity contribution in [2.24, 2.45) is 0 Å². The van der Waals surface area contributed by atoms with Crippen LogP contribution in [0.4, 0.5) is 0 Å². The summed E-state index contributed by atoms with van der Waals surface area (Å²) in [4.78, 5) is 0. The average Bonchev–Trinajstić information content (AvgIpc) is 2.16. The minimum atomic E-state index is -1.63. The molecule has 0 aromatic heterocycles. The number of aliphatic hydroxyl groups is 4. The summed E-state index contributed by atoms with van der Waals surface area (Å²) in [6, 6.07) is 0. The highest BCUT2D eigenvalue weighted by Crippen LogP contribution is 2.26. The highest BCUT2D eigenvalue weighted by atomic mass is 16.7. The van der Waals surface area contributed by atoms with Crippen LogP contribution in [0.3, 0.4) is 0 Å². The van der Waals surface area contributed by atoms with Crippen molar-refractivity contribution in [3.05, 3.63) is 0 Å². The predicted molar refractivity (Wildman–Crippen MR) is 40.8 cm³/mol. The van der Waals surface area contributed by atoms with Crippen LogP contribution >= 0.6 is 0 Å². The molecule has 0 aromatic rings. The highest BCUT2D eigenvalue weighted by molar-refractivity contribution is 4.92. The van der Waals surface area contributed by atoms with Crippen LogP contribution in [0.25, 0.3) is 0 Å². The second-order valence-corrected chi connectivity index (χ2v) is 2.99. The van der Waals surface area contributed by atoms with E-state index in [1.165, 1.54) is 7.11 Å². The van der Waals surface area contributed by atoms with Crippen molar-refractivity contribution >= 4 is 0 Å². The van der Waals surface area contributed by atoms with Crippen molar-refractivity contribution in [3.8, 4) is 0 Å². The quantitative estimate of drug-likeness (QED) is 0.386. The molecule has 4 N–H and O–H groups in total. The van der Waals surface area contributed by atoms with Gasteiger partial charge >= 0.3 is 0 Å². The molecule has 6 heteroatoms. The Morgan fingerprint density at radius 2 is 2.08 bits per heavy atom. The number of ether oxygens (including phenoxy) is 2. The van der Waals surface area contributed by atoms with Gasteiger partial charge in [0, 0.05) is 7.11 Å². The van der Waals surface area contributed by atoms with Gasteiger partial charge in [0.15, 0.2) is 0 Å². The number of methoxy groups -OCH3 is 1. The maximum atomic E-state index is 9.44. The average molecular weight is 194 g/mol. The fraction of sp³-hybridized carbons (Fsp3) is 1.00. The molecule has 78 valence electrons. The van der Waals surface area contributed by atoms with E-state index in [1.54, 1.807) is 0 Å². The van der Waals surface area contributed by atoms with E-state index >= 15 is 0 Å². The summed E-state index contributed by atoms with van der Waals surface area (Å²) in [5.74, 6) is -1.63. The van der Waals surface area contributed by atoms with Crippen LogP contribution < -0.4 is 0 Å². The summed E-state index contributed by atoms with van der Waals surface area (Å²) in [5, 5.41) is 36.7. The van der Waals surface area contributed by atoms with E-state index in [9.17, 15) is 10.2 Å². The molecule has 0 spiro atoms. The molecular formula is C7H14O6. The summed E-state index contributed by atoms with van der Waals surface area (Å²) >= 11 is 0. The van der Waals surface area contributed by atoms with Gasteiger partial charge in [0.1, 0.15) is 24.9 Å². The summed E-state index contributed by atoms with van der Waals surface area (Å²) in [6.07, 6.45) is -4.00. The molecule has 0 aromatic carbocycles. The fourth-order valence-corrected chi connectivity index (χ4v) is 1.26. The SMILES string of the molecule is COC1(CO)OCC(O)C(O)C1O. The van der Waals surface area contributed by atoms with E-state index in [0.717, 1.165) is 0 Å². The molecule has 4 atom stereocenters. The minimum Gasteiger partial charge on any atom is -0.391 e. The van der Waals surface area contributed by atoms with Crippen LogP contribution in [-0.2, 0) is 9.47 Å². The Morgan fingerprint density at radius 3 is 2.54 bits per heavy atom. The Hall–Kier alpha value is -0.240. The molecule has 1 heterocycles. The summed E-state index contributed by atoms with van der Waals surface area (Å²) in [6.45, 7) is -0.777. The zero-order valence-corrected chi connectivity index (χ0v) is 7.25. The molecule has 0 saturated carbocycles. The monoisotopic (exact) mass is 194 g/mol. The maximum absolute atomic E-state index is 9.44. The molecule has 1 aliphatic rings. The van der Waals surface area contributed by atoms with E-state index in [2.05, 4.69) is 0 Å². The first-order valence-electron chi connectivity index (χ1n) is 3.91. The Kier molecular flexibility index (Phi) is 3.23. The first kappa shape index (κ1) is 10.8. The number of rotatable bonds is 2. The van der Waals surface area contributed by atoms with Crippen LogP contribution in [0.2, 0.25) is 0 Å². The van der Waals surface area contributed by atoms with E-state index in [4.69, 9.17) is 19.7 Å². The van der Waals surface area contributed by atoms with Gasteiger partial charge in [-0.05, 0) is 0 Å². The zero-order valence-electron chi connectivity index (χ0n) is 7.25. The molecule has 6 nitrogen and oxygen atoms in total. The predicted octanol–water partition coefficient (Wildman–Crippen LogP) is -2.57. The molecule has 1 rings (SSSR count). The third-order valence-electron chi connectivity index (χ3n) is 2.23. The van der Waals surface area contributed by atoms with Crippen molar-refractivity contribution in [2.75, 3.05) is 20.3 Å². The van der Waals surface area contributed by atoms with E-state index < -0.39 is 30.7 Å². The Labute approximate surface area is 75.3 Å². The topological polar surface area (TPSA) is 99.4 Å². The number of hydrogen-bond donors (Lipinski definition) is 4. The van der Waals surface area contributed by atoms with Gasteiger partial charge in [0.25, 0.3) is 0 Å². The van der Waals surface area contributed by atoms with Gasteiger partial charge in [-0.1, -0.05) is 0 Å². The lowest BCUT2D eigenvalue weighted by atomic mass is 9.97. The maximum Gasteiger partial charge on any atom is 0.220 e. The second kappa shape index (κ2) is 3.87. The molecule has 0 aliphatic carbocycles. The summed E-state index contributed by atoms with van der Waals surface area (Å²) in [5.41, 5.74) is 0. The second-order valence-electron chi connectivity index (χ2n) is 2.99. The van der Waals surface area contributed by atoms with Gasteiger partial charge in [-0.15, -0.1) is 0 Å². The normalized spacial score (nSPS) is 46.4. The van der Waals surface area contributed by atoms with Crippen molar-refractivity contribution in [1.29, 1.82) is 0 Å². The first-order valence-corrected chi connectivity index (χ1v) is 3.91. The molecule has 13 heavy (non-hydrogen) atoms. The van der Waals surface area contributed by atoms with Crippen LogP contribution in [0.15, 0.2) is 0 Å². The molecule has 0 amide bonds. The lowest BCUT2D eigenvalue weighted by molar-refractivity contribution is -0.340. The van der Waals surface area contributed by atoms with Crippen molar-refractivity contribution in [2.45, 2.75) is 24.1 Å². The molecule has 0 bridgehead atoms. The van der Waals surface area contributed by atoms with E-state index in [0.29, 0.717) is 0 Å². The smallest absolute Gasteiger partial charge is 0.220 e. The lowest BCUT2D eigenvalue weighted by Crippen LogP contribution is -2.63. The lowest BCUT2D eigenvalue weighted by Gasteiger charge is -2.42. The van der Waals surface area contributed by atoms with Crippen LogP contribution in [0.5, 0.6) is 0 Å². The van der Waals surface area contributed by atoms with Gasteiger partial charge in [-0.2, -0.15) is 0 Å². The third-order valence-corrected chi connectivity index (χ3v) is 2.23. The van der Waals surface area contributed by atoms with E-state index in [1.807, 2.05) is 0 Å². The van der Waals surface area contributed by atoms with Crippen molar-refractivity contribution < 1.29 is 29.9 Å². The van der Waals surface area contributed by atoms with Crippen LogP contribution in [0.1, 0.15) is 0 Å². The van der Waals surface area contributed by atoms with E-state index in [-0.39, 0.29) is 6.61 Å². The van der Waals surface area contributed by atoms with Crippen molar-refractivity contribution in [3.63, 3.8) is 0 Å². The van der Waals surface area contributed by atoms with Gasteiger partial charge in [-0.25, -0.2) is 0 Å². The molecule has 1 saturated heterocycles. The van der Waals surface area contributed by atoms with Gasteiger partial charge < -0.3 is 29.9 Å². The largest absolute Gasteiger partial charge is 0.391 e.